The molecule has 0 aromatic rings. The van der Waals surface area contributed by atoms with Crippen molar-refractivity contribution in [2.45, 2.75) is 12.0 Å². The van der Waals surface area contributed by atoms with Crippen LogP contribution in [0.15, 0.2) is 0 Å². The van der Waals surface area contributed by atoms with E-state index < -0.39 is 28.1 Å². The molecule has 0 amide bonds. The number of hydrogen-bond donors (Lipinski definition) is 6. The monoisotopic (exact) mass is 286 g/mol. The molecular formula is C2H9O10P3. The van der Waals surface area contributed by atoms with Crippen LogP contribution in [0.4, 0.5) is 0 Å². The lowest BCUT2D eigenvalue weighted by Gasteiger charge is -2.27. The van der Waals surface area contributed by atoms with E-state index in [0.29, 0.717) is 0 Å². The Morgan fingerprint density at radius 1 is 1.00 bits per heavy atom. The summed E-state index contributed by atoms with van der Waals surface area (Å²) in [5.74, 6) is 0. The maximum absolute atomic E-state index is 11.0. The van der Waals surface area contributed by atoms with Gasteiger partial charge in [-0.1, -0.05) is 0 Å². The van der Waals surface area contributed by atoms with Crippen molar-refractivity contribution < 1.29 is 47.6 Å². The molecule has 0 rings (SSSR count). The zero-order valence-corrected chi connectivity index (χ0v) is 9.84. The second-order valence-corrected chi connectivity index (χ2v) is 8.47. The molecule has 2 unspecified atom stereocenters. The minimum absolute atomic E-state index is 0.226. The van der Waals surface area contributed by atoms with Crippen LogP contribution in [0.2, 0.25) is 0 Å². The van der Waals surface area contributed by atoms with Crippen LogP contribution in [0.3, 0.4) is 0 Å². The third-order valence-corrected chi connectivity index (χ3v) is 6.75. The van der Waals surface area contributed by atoms with E-state index in [-0.39, 0.29) is 6.92 Å². The van der Waals surface area contributed by atoms with Crippen molar-refractivity contribution >= 4 is 23.0 Å². The van der Waals surface area contributed by atoms with Crippen LogP contribution in [0, 0.1) is 0 Å². The van der Waals surface area contributed by atoms with Gasteiger partial charge in [-0.05, 0) is 6.92 Å². The van der Waals surface area contributed by atoms with Gasteiger partial charge in [0.2, 0.25) is 0 Å². The topological polar surface area (TPSA) is 182 Å². The SMILES string of the molecule is CC(O)(P(=O)(O)O)P(=O)(O)OP(=O)(O)O. The fourth-order valence-corrected chi connectivity index (χ4v) is 3.80. The predicted octanol–water partition coefficient (Wildman–Crippen LogP) is -0.875. The van der Waals surface area contributed by atoms with Gasteiger partial charge in [-0.25, -0.2) is 8.88 Å². The molecule has 0 radical (unpaired) electrons. The van der Waals surface area contributed by atoms with Crippen LogP contribution in [0.25, 0.3) is 0 Å². The Kier molecular flexibility index (Phi) is 4.12. The third-order valence-electron chi connectivity index (χ3n) is 1.30. The van der Waals surface area contributed by atoms with Crippen molar-refractivity contribution in [3.63, 3.8) is 0 Å². The standard InChI is InChI=1S/C2H9O10P3/c1-2(3,13(4,5)6)14(7,8)12-15(9,10)11/h3H,1H3,(H,7,8)(H2,4,5,6)(H2,9,10,11). The van der Waals surface area contributed by atoms with Crippen molar-refractivity contribution in [1.29, 1.82) is 0 Å². The average molecular weight is 286 g/mol. The molecule has 0 aromatic carbocycles. The molecule has 6 N–H and O–H groups in total. The summed E-state index contributed by atoms with van der Waals surface area (Å²) in [6.45, 7) is 0.226. The highest BCUT2D eigenvalue weighted by molar-refractivity contribution is 7.75. The molecule has 0 aliphatic carbocycles. The molecule has 15 heavy (non-hydrogen) atoms. The lowest BCUT2D eigenvalue weighted by molar-refractivity contribution is 0.142. The van der Waals surface area contributed by atoms with Crippen LogP contribution >= 0.6 is 23.0 Å². The van der Waals surface area contributed by atoms with Crippen molar-refractivity contribution in [3.05, 3.63) is 0 Å². The minimum Gasteiger partial charge on any atom is -0.368 e. The summed E-state index contributed by atoms with van der Waals surface area (Å²) in [5, 5.41) is 5.40. The van der Waals surface area contributed by atoms with E-state index in [0.717, 1.165) is 0 Å². The Balaban J connectivity index is 5.32. The maximum Gasteiger partial charge on any atom is 0.476 e. The molecule has 0 fully saturated rings. The summed E-state index contributed by atoms with van der Waals surface area (Å²) in [5.41, 5.74) is 0. The van der Waals surface area contributed by atoms with E-state index in [9.17, 15) is 13.7 Å². The Morgan fingerprint density at radius 3 is 1.53 bits per heavy atom. The van der Waals surface area contributed by atoms with Gasteiger partial charge in [0, 0.05) is 0 Å². The average Bonchev–Trinajstić information content (AvgIpc) is 1.77. The first-order chi connectivity index (χ1) is 6.21. The summed E-state index contributed by atoms with van der Waals surface area (Å²) < 4.78 is 35.0. The van der Waals surface area contributed by atoms with Gasteiger partial charge < -0.3 is 29.6 Å². The zero-order valence-electron chi connectivity index (χ0n) is 7.16. The molecule has 0 spiro atoms. The number of hydrogen-bond acceptors (Lipinski definition) is 5. The fourth-order valence-electron chi connectivity index (χ4n) is 0.386. The van der Waals surface area contributed by atoms with Crippen molar-refractivity contribution in [3.8, 4) is 0 Å². The lowest BCUT2D eigenvalue weighted by Crippen LogP contribution is -2.24. The van der Waals surface area contributed by atoms with Crippen LogP contribution in [-0.2, 0) is 18.0 Å². The smallest absolute Gasteiger partial charge is 0.368 e. The predicted molar refractivity (Wildman–Crippen MR) is 45.6 cm³/mol. The van der Waals surface area contributed by atoms with Crippen LogP contribution in [0.5, 0.6) is 0 Å². The summed E-state index contributed by atoms with van der Waals surface area (Å²) in [4.78, 5) is 42.1. The summed E-state index contributed by atoms with van der Waals surface area (Å²) in [6, 6.07) is 0. The minimum atomic E-state index is -5.61. The molecule has 0 aliphatic rings. The van der Waals surface area contributed by atoms with Gasteiger partial charge in [-0.15, -0.1) is 0 Å². The highest BCUT2D eigenvalue weighted by atomic mass is 31.3. The first-order valence-corrected chi connectivity index (χ1v) is 7.80. The molecule has 0 saturated carbocycles. The number of rotatable bonds is 4. The second-order valence-electron chi connectivity index (χ2n) is 2.61. The van der Waals surface area contributed by atoms with E-state index >= 15 is 0 Å². The molecule has 0 aromatic heterocycles. The fraction of sp³-hybridized carbons (Fsp3) is 1.00. The van der Waals surface area contributed by atoms with E-state index in [1.807, 2.05) is 0 Å². The quantitative estimate of drug-likeness (QED) is 0.355. The molecule has 13 heteroatoms. The van der Waals surface area contributed by atoms with Crippen molar-refractivity contribution in [2.75, 3.05) is 0 Å². The second kappa shape index (κ2) is 4.01. The third kappa shape index (κ3) is 3.72. The van der Waals surface area contributed by atoms with Gasteiger partial charge >= 0.3 is 23.0 Å². The van der Waals surface area contributed by atoms with E-state index in [4.69, 9.17) is 29.6 Å². The summed E-state index contributed by atoms with van der Waals surface area (Å²) in [7, 11) is -16.6. The number of aliphatic hydroxyl groups is 1. The van der Waals surface area contributed by atoms with Gasteiger partial charge in [-0.2, -0.15) is 0 Å². The molecule has 0 aliphatic heterocycles. The molecule has 2 atom stereocenters. The summed E-state index contributed by atoms with van der Waals surface area (Å²) in [6.07, 6.45) is 0. The summed E-state index contributed by atoms with van der Waals surface area (Å²) >= 11 is 0. The van der Waals surface area contributed by atoms with Crippen molar-refractivity contribution in [2.24, 2.45) is 0 Å². The highest BCUT2D eigenvalue weighted by Crippen LogP contribution is 2.73. The van der Waals surface area contributed by atoms with Crippen LogP contribution in [0.1, 0.15) is 6.92 Å². The van der Waals surface area contributed by atoms with Gasteiger partial charge in [0.15, 0.2) is 0 Å². The first kappa shape index (κ1) is 15.4. The first-order valence-electron chi connectivity index (χ1n) is 3.08. The molecule has 0 bridgehead atoms. The van der Waals surface area contributed by atoms with Gasteiger partial charge in [0.25, 0.3) is 5.08 Å². The molecular weight excluding hydrogens is 277 g/mol. The normalized spacial score (nSPS) is 21.8. The molecule has 10 nitrogen and oxygen atoms in total. The highest BCUT2D eigenvalue weighted by Gasteiger charge is 2.59. The van der Waals surface area contributed by atoms with Gasteiger partial charge in [-0.3, -0.25) is 9.13 Å². The van der Waals surface area contributed by atoms with Crippen molar-refractivity contribution in [1.82, 2.24) is 0 Å². The zero-order chi connectivity index (χ0) is 12.7. The number of phosphoric acid groups is 1. The van der Waals surface area contributed by atoms with Gasteiger partial charge in [0.1, 0.15) is 0 Å². The van der Waals surface area contributed by atoms with E-state index in [2.05, 4.69) is 4.31 Å². The largest absolute Gasteiger partial charge is 0.476 e. The Morgan fingerprint density at radius 2 is 1.33 bits per heavy atom. The Bertz CT molecular complexity index is 370. The molecule has 92 valence electrons. The van der Waals surface area contributed by atoms with Crippen LogP contribution < -0.4 is 0 Å². The molecule has 0 saturated heterocycles. The maximum atomic E-state index is 11.0. The Hall–Kier alpha value is 0.410. The van der Waals surface area contributed by atoms with E-state index in [1.165, 1.54) is 0 Å². The lowest BCUT2D eigenvalue weighted by atomic mass is 10.9. The van der Waals surface area contributed by atoms with Gasteiger partial charge in [0.05, 0.1) is 0 Å². The Labute approximate surface area is 83.5 Å². The van der Waals surface area contributed by atoms with Crippen LogP contribution in [-0.4, -0.2) is 34.7 Å². The van der Waals surface area contributed by atoms with E-state index in [1.54, 1.807) is 0 Å². The molecule has 0 heterocycles.